The predicted octanol–water partition coefficient (Wildman–Crippen LogP) is 6.90. The van der Waals surface area contributed by atoms with Gasteiger partial charge in [-0.3, -0.25) is 9.59 Å². The molecule has 2 nitrogen and oxygen atoms in total. The third-order valence-corrected chi connectivity index (χ3v) is 8.72. The Bertz CT molecular complexity index is 1440. The summed E-state index contributed by atoms with van der Waals surface area (Å²) >= 11 is 13.1. The Morgan fingerprint density at radius 3 is 1.35 bits per heavy atom. The lowest BCUT2D eigenvalue weighted by molar-refractivity contribution is 0.00359. The van der Waals surface area contributed by atoms with Gasteiger partial charge in [0.2, 0.25) is 0 Å². The fourth-order valence-electron chi connectivity index (χ4n) is 7.36. The maximum absolute atomic E-state index is 14.0. The minimum atomic E-state index is -0.775. The van der Waals surface area contributed by atoms with Crippen LogP contribution in [0.5, 0.6) is 0 Å². The lowest BCUT2D eigenvalue weighted by atomic mass is 9.34. The fraction of sp³-hybridized carbons (Fsp3) is 0.133. The molecule has 3 aliphatic rings. The molecule has 1 saturated carbocycles. The van der Waals surface area contributed by atoms with Crippen LogP contribution in [0.3, 0.4) is 0 Å². The second kappa shape index (κ2) is 6.69. The van der Waals surface area contributed by atoms with Crippen LogP contribution in [0.25, 0.3) is 0 Å². The van der Waals surface area contributed by atoms with E-state index in [1.165, 1.54) is 0 Å². The van der Waals surface area contributed by atoms with E-state index in [0.29, 0.717) is 21.2 Å². The number of fused-ring (bicyclic) bond motifs is 8. The topological polar surface area (TPSA) is 34.1 Å². The van der Waals surface area contributed by atoms with Gasteiger partial charge in [-0.25, -0.2) is 0 Å². The van der Waals surface area contributed by atoms with Gasteiger partial charge >= 0.3 is 0 Å². The monoisotopic (exact) mass is 480 g/mol. The minimum Gasteiger partial charge on any atom is -0.294 e. The number of hydrogen-bond donors (Lipinski definition) is 0. The number of carbonyl (C=O) groups excluding carboxylic acids is 2. The van der Waals surface area contributed by atoms with Crippen molar-refractivity contribution >= 4 is 34.8 Å². The molecule has 0 aliphatic heterocycles. The van der Waals surface area contributed by atoms with E-state index in [9.17, 15) is 9.59 Å². The third-order valence-electron chi connectivity index (χ3n) is 8.25. The zero-order valence-electron chi connectivity index (χ0n) is 18.0. The number of rotatable bonds is 2. The van der Waals surface area contributed by atoms with E-state index < -0.39 is 22.7 Å². The van der Waals surface area contributed by atoms with E-state index in [2.05, 4.69) is 0 Å². The zero-order chi connectivity index (χ0) is 23.2. The second-order valence-corrected chi connectivity index (χ2v) is 10.3. The van der Waals surface area contributed by atoms with Gasteiger partial charge in [0.25, 0.3) is 0 Å². The Kier molecular flexibility index (Phi) is 3.97. The average molecular weight is 481 g/mol. The van der Waals surface area contributed by atoms with Crippen LogP contribution in [-0.4, -0.2) is 11.6 Å². The molecule has 7 rings (SSSR count). The van der Waals surface area contributed by atoms with Crippen molar-refractivity contribution in [1.82, 2.24) is 0 Å². The van der Waals surface area contributed by atoms with Crippen molar-refractivity contribution in [2.45, 2.75) is 10.8 Å². The van der Waals surface area contributed by atoms with E-state index in [1.54, 1.807) is 0 Å². The molecule has 4 atom stereocenters. The third kappa shape index (κ3) is 2.07. The highest BCUT2D eigenvalue weighted by Gasteiger charge is 2.83. The molecule has 0 amide bonds. The molecule has 0 aromatic heterocycles. The molecule has 4 aromatic carbocycles. The van der Waals surface area contributed by atoms with Crippen LogP contribution >= 0.6 is 23.2 Å². The molecular formula is C30H18Cl2O2. The van der Waals surface area contributed by atoms with Crippen LogP contribution in [0.2, 0.25) is 10.0 Å². The summed E-state index contributed by atoms with van der Waals surface area (Å²) in [4.78, 5) is 28.0. The molecule has 1 fully saturated rings. The van der Waals surface area contributed by atoms with E-state index in [-0.39, 0.29) is 11.6 Å². The summed E-state index contributed by atoms with van der Waals surface area (Å²) in [7, 11) is 0. The molecule has 0 saturated heterocycles. The molecule has 4 heteroatoms. The maximum atomic E-state index is 14.0. The van der Waals surface area contributed by atoms with Crippen molar-refractivity contribution < 1.29 is 9.59 Å². The first-order chi connectivity index (χ1) is 16.5. The van der Waals surface area contributed by atoms with Crippen LogP contribution in [0.1, 0.15) is 43.0 Å². The number of hydrogen-bond acceptors (Lipinski definition) is 2. The van der Waals surface area contributed by atoms with E-state index in [1.807, 2.05) is 97.1 Å². The van der Waals surface area contributed by atoms with Crippen LogP contribution in [0.4, 0.5) is 0 Å². The highest BCUT2D eigenvalue weighted by Crippen LogP contribution is 2.77. The van der Waals surface area contributed by atoms with E-state index in [4.69, 9.17) is 23.2 Å². The maximum Gasteiger partial charge on any atom is 0.168 e. The fourth-order valence-corrected chi connectivity index (χ4v) is 7.74. The Morgan fingerprint density at radius 2 is 0.941 bits per heavy atom. The molecule has 0 radical (unpaired) electrons. The molecule has 0 spiro atoms. The van der Waals surface area contributed by atoms with Crippen molar-refractivity contribution in [3.63, 3.8) is 0 Å². The van der Waals surface area contributed by atoms with Gasteiger partial charge < -0.3 is 0 Å². The Hall–Kier alpha value is -3.20. The van der Waals surface area contributed by atoms with Crippen molar-refractivity contribution in [3.05, 3.63) is 140 Å². The van der Waals surface area contributed by atoms with Crippen molar-refractivity contribution in [2.24, 2.45) is 11.8 Å². The summed E-state index contributed by atoms with van der Waals surface area (Å²) < 4.78 is 0. The Morgan fingerprint density at radius 1 is 0.529 bits per heavy atom. The zero-order valence-corrected chi connectivity index (χ0v) is 19.5. The molecule has 0 N–H and O–H groups in total. The molecular weight excluding hydrogens is 463 g/mol. The highest BCUT2D eigenvalue weighted by molar-refractivity contribution is 6.31. The SMILES string of the molecule is O=C1c2ccccc2[C@]2(c3cccc(Cl)c3)C1C1C(=O)c3ccccc3[C@]12c1cccc(Cl)c1. The summed E-state index contributed by atoms with van der Waals surface area (Å²) in [6, 6.07) is 31.1. The van der Waals surface area contributed by atoms with Crippen LogP contribution in [-0.2, 0) is 10.8 Å². The molecule has 0 heterocycles. The Labute approximate surface area is 207 Å². The van der Waals surface area contributed by atoms with Crippen molar-refractivity contribution in [3.8, 4) is 0 Å². The number of halogens is 2. The summed E-state index contributed by atoms with van der Waals surface area (Å²) in [5.74, 6) is -0.969. The number of ketones is 2. The first-order valence-corrected chi connectivity index (χ1v) is 12.1. The summed E-state index contributed by atoms with van der Waals surface area (Å²) in [5.41, 5.74) is 3.63. The van der Waals surface area contributed by atoms with Gasteiger partial charge in [0.05, 0.1) is 0 Å². The van der Waals surface area contributed by atoms with Crippen molar-refractivity contribution in [2.75, 3.05) is 0 Å². The highest BCUT2D eigenvalue weighted by atomic mass is 35.5. The normalized spacial score (nSPS) is 28.1. The molecule has 34 heavy (non-hydrogen) atoms. The van der Waals surface area contributed by atoms with Crippen LogP contribution in [0.15, 0.2) is 97.1 Å². The molecule has 4 aromatic rings. The van der Waals surface area contributed by atoms with Gasteiger partial charge in [0.15, 0.2) is 11.6 Å². The van der Waals surface area contributed by atoms with Gasteiger partial charge in [-0.05, 0) is 46.5 Å². The van der Waals surface area contributed by atoms with E-state index in [0.717, 1.165) is 22.3 Å². The van der Waals surface area contributed by atoms with Crippen LogP contribution < -0.4 is 0 Å². The average Bonchev–Trinajstić information content (AvgIpc) is 3.19. The van der Waals surface area contributed by atoms with Gasteiger partial charge in [0, 0.05) is 43.8 Å². The first-order valence-electron chi connectivity index (χ1n) is 11.3. The van der Waals surface area contributed by atoms with Gasteiger partial charge in [-0.2, -0.15) is 0 Å². The first kappa shape index (κ1) is 20.2. The quantitative estimate of drug-likeness (QED) is 0.312. The Balaban J connectivity index is 1.71. The summed E-state index contributed by atoms with van der Waals surface area (Å²) in [5, 5.41) is 1.20. The molecule has 164 valence electrons. The number of benzene rings is 4. The smallest absolute Gasteiger partial charge is 0.168 e. The second-order valence-electron chi connectivity index (χ2n) is 9.41. The minimum absolute atomic E-state index is 0.0272. The number of carbonyl (C=O) groups is 2. The molecule has 0 bridgehead atoms. The van der Waals surface area contributed by atoms with Gasteiger partial charge in [-0.15, -0.1) is 0 Å². The van der Waals surface area contributed by atoms with Crippen molar-refractivity contribution in [1.29, 1.82) is 0 Å². The van der Waals surface area contributed by atoms with Crippen LogP contribution in [0, 0.1) is 11.8 Å². The van der Waals surface area contributed by atoms with Gasteiger partial charge in [0.1, 0.15) is 0 Å². The summed E-state index contributed by atoms with van der Waals surface area (Å²) in [6.45, 7) is 0. The largest absolute Gasteiger partial charge is 0.294 e. The van der Waals surface area contributed by atoms with E-state index >= 15 is 0 Å². The molecule has 2 unspecified atom stereocenters. The number of Topliss-reactive ketones (excluding diaryl/α,β-unsaturated/α-hetero) is 2. The standard InChI is InChI=1S/C30H18Cl2O2/c31-19-9-5-7-17(15-19)29-23-13-3-1-11-21(23)27(33)25(29)26-28(34)22-12-2-4-14-24(22)30(26,29)18-8-6-10-20(32)16-18/h1-16,25-26H/t25?,26?,29-,30-/m1/s1. The lowest BCUT2D eigenvalue weighted by Gasteiger charge is -2.64. The van der Waals surface area contributed by atoms with Gasteiger partial charge in [-0.1, -0.05) is 96.0 Å². The molecule has 3 aliphatic carbocycles. The predicted molar refractivity (Wildman–Crippen MR) is 133 cm³/mol. The summed E-state index contributed by atoms with van der Waals surface area (Å²) in [6.07, 6.45) is 0. The lowest BCUT2D eigenvalue weighted by Crippen LogP contribution is -2.70.